The maximum atomic E-state index is 12.5. The Hall–Kier alpha value is -0.970. The second-order valence-corrected chi connectivity index (χ2v) is 11.8. The zero-order valence-electron chi connectivity index (χ0n) is 15.2. The summed E-state index contributed by atoms with van der Waals surface area (Å²) >= 11 is 0. The molecule has 3 fully saturated rings. The Morgan fingerprint density at radius 2 is 2.07 bits per heavy atom. The first-order valence-electron chi connectivity index (χ1n) is 9.14. The molecule has 4 aliphatic rings. The van der Waals surface area contributed by atoms with Crippen molar-refractivity contribution in [3.8, 4) is 0 Å². The SMILES string of the molecule is CC1=C(CC(=O)OC2C3CC4C2OS(=O)(=O)C4C3)CCC1(C)CS(=O)(=O)[O-]. The van der Waals surface area contributed by atoms with Crippen molar-refractivity contribution in [3.05, 3.63) is 11.1 Å². The van der Waals surface area contributed by atoms with E-state index in [-0.39, 0.29) is 18.3 Å². The van der Waals surface area contributed by atoms with Crippen LogP contribution in [0.2, 0.25) is 0 Å². The molecule has 2 bridgehead atoms. The smallest absolute Gasteiger partial charge is 0.310 e. The summed E-state index contributed by atoms with van der Waals surface area (Å²) < 4.78 is 68.2. The molecule has 0 amide bonds. The molecule has 1 aliphatic heterocycles. The molecule has 0 aromatic rings. The molecule has 3 aliphatic carbocycles. The Morgan fingerprint density at radius 1 is 1.37 bits per heavy atom. The van der Waals surface area contributed by atoms with Gasteiger partial charge in [0.1, 0.15) is 12.2 Å². The quantitative estimate of drug-likeness (QED) is 0.280. The lowest BCUT2D eigenvalue weighted by molar-refractivity contribution is -0.155. The minimum atomic E-state index is -4.37. The van der Waals surface area contributed by atoms with Crippen LogP contribution in [0.25, 0.3) is 0 Å². The van der Waals surface area contributed by atoms with E-state index in [1.165, 1.54) is 0 Å². The molecular weight excluding hydrogens is 396 g/mol. The summed E-state index contributed by atoms with van der Waals surface area (Å²) in [4.78, 5) is 12.5. The molecule has 0 aromatic carbocycles. The maximum absolute atomic E-state index is 12.5. The highest BCUT2D eigenvalue weighted by atomic mass is 32.2. The molecule has 6 unspecified atom stereocenters. The molecule has 27 heavy (non-hydrogen) atoms. The zero-order chi connectivity index (χ0) is 19.8. The van der Waals surface area contributed by atoms with Gasteiger partial charge in [-0.15, -0.1) is 0 Å². The summed E-state index contributed by atoms with van der Waals surface area (Å²) in [6.07, 6.45) is 1.14. The fourth-order valence-corrected chi connectivity index (χ4v) is 8.45. The van der Waals surface area contributed by atoms with Crippen molar-refractivity contribution in [1.29, 1.82) is 0 Å². The Kier molecular flexibility index (Phi) is 4.31. The minimum absolute atomic E-state index is 0.0146. The first-order chi connectivity index (χ1) is 12.4. The third-order valence-corrected chi connectivity index (χ3v) is 9.71. The van der Waals surface area contributed by atoms with Gasteiger partial charge in [-0.2, -0.15) is 8.42 Å². The molecule has 0 spiro atoms. The Bertz CT molecular complexity index is 919. The first-order valence-corrected chi connectivity index (χ1v) is 12.2. The molecule has 1 heterocycles. The predicted molar refractivity (Wildman–Crippen MR) is 92.9 cm³/mol. The fourth-order valence-electron chi connectivity index (χ4n) is 5.43. The molecule has 0 radical (unpaired) electrons. The molecular formula is C17H23O8S2-. The molecule has 2 saturated carbocycles. The Morgan fingerprint density at radius 3 is 2.74 bits per heavy atom. The van der Waals surface area contributed by atoms with E-state index in [4.69, 9.17) is 8.92 Å². The number of carbonyl (C=O) groups excluding carboxylic acids is 1. The predicted octanol–water partition coefficient (Wildman–Crippen LogP) is 1.09. The highest BCUT2D eigenvalue weighted by molar-refractivity contribution is 7.87. The molecule has 6 atom stereocenters. The number of ether oxygens (including phenoxy) is 1. The standard InChI is InChI=1S/C17H24O8S2/c1-9-10(3-4-17(9,2)8-26(19,20)21)7-14(18)24-15-11-5-12-13(6-11)27(22,23)25-16(12)15/h11-13,15-16H,3-8H2,1-2H3,(H,19,20,21)/p-1. The van der Waals surface area contributed by atoms with Crippen molar-refractivity contribution in [1.82, 2.24) is 0 Å². The van der Waals surface area contributed by atoms with Gasteiger partial charge < -0.3 is 9.29 Å². The topological polar surface area (TPSA) is 127 Å². The van der Waals surface area contributed by atoms with E-state index in [9.17, 15) is 26.2 Å². The number of rotatable bonds is 5. The van der Waals surface area contributed by atoms with Gasteiger partial charge in [-0.05, 0) is 32.6 Å². The maximum Gasteiger partial charge on any atom is 0.310 e. The lowest BCUT2D eigenvalue weighted by atomic mass is 9.86. The molecule has 8 nitrogen and oxygen atoms in total. The number of carbonyl (C=O) groups is 1. The van der Waals surface area contributed by atoms with Crippen LogP contribution >= 0.6 is 0 Å². The van der Waals surface area contributed by atoms with Crippen molar-refractivity contribution in [2.45, 2.75) is 63.4 Å². The van der Waals surface area contributed by atoms with Crippen LogP contribution in [-0.4, -0.2) is 50.6 Å². The van der Waals surface area contributed by atoms with Crippen LogP contribution in [0.4, 0.5) is 0 Å². The van der Waals surface area contributed by atoms with Crippen LogP contribution < -0.4 is 0 Å². The molecule has 4 rings (SSSR count). The van der Waals surface area contributed by atoms with E-state index in [1.54, 1.807) is 13.8 Å². The summed E-state index contributed by atoms with van der Waals surface area (Å²) in [6.45, 7) is 3.49. The monoisotopic (exact) mass is 419 g/mol. The molecule has 0 aromatic heterocycles. The summed E-state index contributed by atoms with van der Waals surface area (Å²) in [5.74, 6) is -1.01. The van der Waals surface area contributed by atoms with Gasteiger partial charge in [-0.3, -0.25) is 8.98 Å². The third-order valence-electron chi connectivity index (χ3n) is 6.95. The summed E-state index contributed by atoms with van der Waals surface area (Å²) in [5, 5.41) is -0.461. The van der Waals surface area contributed by atoms with Gasteiger partial charge in [-0.1, -0.05) is 18.1 Å². The molecule has 0 N–H and O–H groups in total. The van der Waals surface area contributed by atoms with E-state index in [0.717, 1.165) is 11.1 Å². The van der Waals surface area contributed by atoms with E-state index in [1.807, 2.05) is 0 Å². The minimum Gasteiger partial charge on any atom is -0.748 e. The Balaban J connectivity index is 1.43. The fraction of sp³-hybridized carbons (Fsp3) is 0.824. The summed E-state index contributed by atoms with van der Waals surface area (Å²) in [7, 11) is -7.92. The van der Waals surface area contributed by atoms with Gasteiger partial charge in [-0.25, -0.2) is 8.42 Å². The van der Waals surface area contributed by atoms with Gasteiger partial charge >= 0.3 is 5.97 Å². The van der Waals surface area contributed by atoms with Crippen LogP contribution in [0.3, 0.4) is 0 Å². The van der Waals surface area contributed by atoms with Crippen LogP contribution in [0.1, 0.15) is 46.0 Å². The number of esters is 1. The van der Waals surface area contributed by atoms with Gasteiger partial charge in [0.25, 0.3) is 10.1 Å². The average Bonchev–Trinajstić information content (AvgIpc) is 3.18. The number of fused-ring (bicyclic) bond motifs is 1. The van der Waals surface area contributed by atoms with Crippen molar-refractivity contribution in [2.24, 2.45) is 17.3 Å². The van der Waals surface area contributed by atoms with Crippen molar-refractivity contribution >= 4 is 26.2 Å². The van der Waals surface area contributed by atoms with Crippen LogP contribution in [0, 0.1) is 17.3 Å². The van der Waals surface area contributed by atoms with Gasteiger partial charge in [0, 0.05) is 23.0 Å². The number of hydrogen-bond donors (Lipinski definition) is 0. The lowest BCUT2D eigenvalue weighted by Gasteiger charge is -2.27. The second kappa shape index (κ2) is 6.01. The Labute approximate surface area is 159 Å². The molecule has 152 valence electrons. The third kappa shape index (κ3) is 3.24. The van der Waals surface area contributed by atoms with E-state index >= 15 is 0 Å². The van der Waals surface area contributed by atoms with Crippen LogP contribution in [0.15, 0.2) is 11.1 Å². The van der Waals surface area contributed by atoms with Gasteiger partial charge in [0.05, 0.1) is 21.8 Å². The highest BCUT2D eigenvalue weighted by Crippen LogP contribution is 2.55. The van der Waals surface area contributed by atoms with Crippen molar-refractivity contribution < 1.29 is 35.1 Å². The normalized spacial score (nSPS) is 42.1. The van der Waals surface area contributed by atoms with Gasteiger partial charge in [0.15, 0.2) is 0 Å². The van der Waals surface area contributed by atoms with Crippen molar-refractivity contribution in [2.75, 3.05) is 5.75 Å². The average molecular weight is 419 g/mol. The largest absolute Gasteiger partial charge is 0.748 e. The van der Waals surface area contributed by atoms with Crippen molar-refractivity contribution in [3.63, 3.8) is 0 Å². The molecule has 10 heteroatoms. The second-order valence-electron chi connectivity index (χ2n) is 8.61. The lowest BCUT2D eigenvalue weighted by Crippen LogP contribution is -2.37. The first kappa shape index (κ1) is 19.4. The highest BCUT2D eigenvalue weighted by Gasteiger charge is 2.65. The van der Waals surface area contributed by atoms with E-state index in [0.29, 0.717) is 25.7 Å². The molecule has 1 saturated heterocycles. The summed E-state index contributed by atoms with van der Waals surface area (Å²) in [6, 6.07) is 0. The van der Waals surface area contributed by atoms with Gasteiger partial charge in [0.2, 0.25) is 0 Å². The summed E-state index contributed by atoms with van der Waals surface area (Å²) in [5.41, 5.74) is 0.803. The van der Waals surface area contributed by atoms with E-state index in [2.05, 4.69) is 0 Å². The number of allylic oxidation sites excluding steroid dienone is 1. The van der Waals surface area contributed by atoms with Crippen LogP contribution in [-0.2, 0) is 34.0 Å². The van der Waals surface area contributed by atoms with E-state index < -0.39 is 54.8 Å². The van der Waals surface area contributed by atoms with Crippen LogP contribution in [0.5, 0.6) is 0 Å². The number of hydrogen-bond acceptors (Lipinski definition) is 8. The zero-order valence-corrected chi connectivity index (χ0v) is 16.8.